The van der Waals surface area contributed by atoms with E-state index >= 15 is 0 Å². The molecule has 1 unspecified atom stereocenters. The molecule has 0 radical (unpaired) electrons. The molecule has 202 valence electrons. The number of nitrogens with one attached hydrogen (secondary N) is 1. The van der Waals surface area contributed by atoms with Crippen LogP contribution >= 0.6 is 0 Å². The molecule has 36 heavy (non-hydrogen) atoms. The number of amides is 1. The summed E-state index contributed by atoms with van der Waals surface area (Å²) in [5.74, 6) is 1.03. The summed E-state index contributed by atoms with van der Waals surface area (Å²) >= 11 is 0. The summed E-state index contributed by atoms with van der Waals surface area (Å²) in [6.45, 7) is 11.3. The molecule has 1 N–H and O–H groups in total. The number of rotatable bonds is 18. The molecule has 0 bridgehead atoms. The summed E-state index contributed by atoms with van der Waals surface area (Å²) in [6, 6.07) is 15.5. The van der Waals surface area contributed by atoms with Crippen molar-refractivity contribution in [2.45, 2.75) is 129 Å². The van der Waals surface area contributed by atoms with E-state index in [1.165, 1.54) is 67.6 Å². The van der Waals surface area contributed by atoms with Gasteiger partial charge in [0.2, 0.25) is 0 Å². The molecule has 1 atom stereocenters. The number of carbonyl (C=O) groups is 1. The fraction of sp³-hybridized carbons (Fsp3) is 0.645. The lowest BCUT2D eigenvalue weighted by molar-refractivity contribution is 0.0966. The summed E-state index contributed by atoms with van der Waals surface area (Å²) in [5, 5.41) is 4.21. The van der Waals surface area contributed by atoms with E-state index in [9.17, 15) is 4.79 Å². The summed E-state index contributed by atoms with van der Waals surface area (Å²) in [4.78, 5) is 12.6. The molecule has 1 aromatic heterocycles. The summed E-state index contributed by atoms with van der Waals surface area (Å²) in [5.41, 5.74) is 2.17. The molecule has 2 aromatic rings. The lowest BCUT2D eigenvalue weighted by atomic mass is 10.0. The van der Waals surface area contributed by atoms with Crippen molar-refractivity contribution >= 4 is 25.2 Å². The quantitative estimate of drug-likeness (QED) is 0.159. The second-order valence-electron chi connectivity index (χ2n) is 10.4. The predicted molar refractivity (Wildman–Crippen MR) is 156 cm³/mol. The number of unbranched alkanes of at least 4 members (excludes halogenated alkanes) is 6. The van der Waals surface area contributed by atoms with Gasteiger partial charge in [0.05, 0.1) is 5.38 Å². The Morgan fingerprint density at radius 1 is 0.889 bits per heavy atom. The van der Waals surface area contributed by atoms with Gasteiger partial charge in [-0.3, -0.25) is 5.32 Å². The molecule has 0 fully saturated rings. The number of benzene rings is 1. The van der Waals surface area contributed by atoms with Crippen LogP contribution in [0.1, 0.15) is 103 Å². The van der Waals surface area contributed by atoms with Crippen molar-refractivity contribution in [3.05, 3.63) is 47.7 Å². The van der Waals surface area contributed by atoms with Gasteiger partial charge < -0.3 is 9.15 Å². The Morgan fingerprint density at radius 3 is 2.14 bits per heavy atom. The van der Waals surface area contributed by atoms with Gasteiger partial charge in [0, 0.05) is 5.69 Å². The van der Waals surface area contributed by atoms with Gasteiger partial charge in [0.25, 0.3) is 0 Å². The smallest absolute Gasteiger partial charge is 0.411 e. The van der Waals surface area contributed by atoms with Gasteiger partial charge >= 0.3 is 6.09 Å². The molecule has 0 aliphatic heterocycles. The van der Waals surface area contributed by atoms with Crippen molar-refractivity contribution < 1.29 is 13.9 Å². The number of ether oxygens (including phenoxy) is 1. The van der Waals surface area contributed by atoms with Crippen molar-refractivity contribution in [1.29, 1.82) is 0 Å². The van der Waals surface area contributed by atoms with Gasteiger partial charge in [-0.1, -0.05) is 103 Å². The minimum absolute atomic E-state index is 0.0497. The van der Waals surface area contributed by atoms with Crippen LogP contribution in [0.4, 0.5) is 10.5 Å². The number of para-hydroxylation sites is 1. The zero-order chi connectivity index (χ0) is 26.2. The largest absolute Gasteiger partial charge is 0.471 e. The molecule has 0 aliphatic rings. The molecular weight excluding hydrogens is 462 g/mol. The van der Waals surface area contributed by atoms with Crippen molar-refractivity contribution in [3.8, 4) is 0 Å². The Kier molecular flexibility index (Phi) is 14.0. The normalized spacial score (nSPS) is 12.5. The van der Waals surface area contributed by atoms with E-state index < -0.39 is 8.07 Å². The van der Waals surface area contributed by atoms with E-state index in [4.69, 9.17) is 9.15 Å². The Bertz CT molecular complexity index is 852. The van der Waals surface area contributed by atoms with Gasteiger partial charge in [0.1, 0.15) is 19.9 Å². The second-order valence-corrected chi connectivity index (χ2v) is 15.5. The van der Waals surface area contributed by atoms with E-state index in [1.807, 2.05) is 30.3 Å². The number of furan rings is 1. The first-order valence-electron chi connectivity index (χ1n) is 14.6. The van der Waals surface area contributed by atoms with Gasteiger partial charge in [-0.2, -0.15) is 0 Å². The van der Waals surface area contributed by atoms with Crippen LogP contribution in [0.15, 0.2) is 40.8 Å². The first-order valence-corrected chi connectivity index (χ1v) is 17.2. The molecule has 2 rings (SSSR count). The van der Waals surface area contributed by atoms with E-state index in [2.05, 4.69) is 46.0 Å². The molecule has 5 heteroatoms. The topological polar surface area (TPSA) is 51.5 Å². The molecule has 1 amide bonds. The van der Waals surface area contributed by atoms with E-state index in [0.29, 0.717) is 0 Å². The fourth-order valence-corrected chi connectivity index (χ4v) is 9.08. The minimum Gasteiger partial charge on any atom is -0.471 e. The highest BCUT2D eigenvalue weighted by atomic mass is 28.3. The van der Waals surface area contributed by atoms with Crippen LogP contribution in [0.3, 0.4) is 0 Å². The van der Waals surface area contributed by atoms with Crippen LogP contribution in [0.5, 0.6) is 0 Å². The highest BCUT2D eigenvalue weighted by Gasteiger charge is 2.35. The number of aryl methyl sites for hydroxylation is 2. The second kappa shape index (κ2) is 16.7. The number of hydrogen-bond acceptors (Lipinski definition) is 3. The number of hydrogen-bond donors (Lipinski definition) is 1. The van der Waals surface area contributed by atoms with Gasteiger partial charge in [-0.05, 0) is 62.8 Å². The summed E-state index contributed by atoms with van der Waals surface area (Å²) in [6.07, 6.45) is 12.3. The molecule has 1 heterocycles. The molecule has 0 aliphatic carbocycles. The third-order valence-corrected chi connectivity index (χ3v) is 13.3. The Morgan fingerprint density at radius 2 is 1.50 bits per heavy atom. The highest BCUT2D eigenvalue weighted by molar-refractivity contribution is 6.91. The van der Waals surface area contributed by atoms with E-state index in [0.717, 1.165) is 43.6 Å². The van der Waals surface area contributed by atoms with Crippen molar-refractivity contribution in [2.24, 2.45) is 0 Å². The van der Waals surface area contributed by atoms with Gasteiger partial charge in [0.15, 0.2) is 0 Å². The van der Waals surface area contributed by atoms with Crippen LogP contribution in [0.2, 0.25) is 18.1 Å². The predicted octanol–water partition coefficient (Wildman–Crippen LogP) is 9.38. The molecular formula is C31H51NO3Si. The molecule has 1 aromatic carbocycles. The van der Waals surface area contributed by atoms with Crippen molar-refractivity contribution in [2.75, 3.05) is 5.32 Å². The molecule has 0 saturated carbocycles. The average molecular weight is 514 g/mol. The summed E-state index contributed by atoms with van der Waals surface area (Å²) < 4.78 is 12.3. The van der Waals surface area contributed by atoms with Gasteiger partial charge in [-0.15, -0.1) is 0 Å². The van der Waals surface area contributed by atoms with Crippen LogP contribution in [-0.4, -0.2) is 20.3 Å². The zero-order valence-corrected chi connectivity index (χ0v) is 24.7. The SMILES string of the molecule is CCCCCCCCCC(CCCc1cc(C)oc1[Si](CC)(CC)CC)OC(=O)Nc1ccccc1. The molecule has 0 saturated heterocycles. The van der Waals surface area contributed by atoms with Crippen molar-refractivity contribution in [3.63, 3.8) is 0 Å². The first kappa shape index (κ1) is 30.2. The maximum Gasteiger partial charge on any atom is 0.411 e. The van der Waals surface area contributed by atoms with E-state index in [-0.39, 0.29) is 12.2 Å². The maximum atomic E-state index is 12.6. The standard InChI is InChI=1S/C31H51NO3Si/c1-6-10-11-12-13-14-18-23-29(35-31(33)32-28-21-16-15-17-22-28)24-19-20-27-25-26(5)34-30(27)36(7-2,8-3)9-4/h15-17,21-22,25,29H,6-14,18-20,23-24H2,1-5H3,(H,32,33). The Balaban J connectivity index is 1.96. The van der Waals surface area contributed by atoms with Crippen LogP contribution in [0.25, 0.3) is 0 Å². The third kappa shape index (κ3) is 9.80. The number of anilines is 1. The maximum absolute atomic E-state index is 12.6. The minimum atomic E-state index is -1.57. The lowest BCUT2D eigenvalue weighted by Gasteiger charge is -2.27. The molecule has 4 nitrogen and oxygen atoms in total. The Hall–Kier alpha value is -2.01. The van der Waals surface area contributed by atoms with Crippen molar-refractivity contribution in [1.82, 2.24) is 0 Å². The van der Waals surface area contributed by atoms with Gasteiger partial charge in [-0.25, -0.2) is 4.79 Å². The fourth-order valence-electron chi connectivity index (χ4n) is 5.36. The number of carbonyl (C=O) groups excluding carboxylic acids is 1. The highest BCUT2D eigenvalue weighted by Crippen LogP contribution is 2.25. The first-order chi connectivity index (χ1) is 17.5. The van der Waals surface area contributed by atoms with Crippen LogP contribution in [-0.2, 0) is 11.2 Å². The zero-order valence-electron chi connectivity index (χ0n) is 23.7. The third-order valence-electron chi connectivity index (χ3n) is 7.84. The van der Waals surface area contributed by atoms with Crippen LogP contribution in [0, 0.1) is 6.92 Å². The monoisotopic (exact) mass is 513 g/mol. The average Bonchev–Trinajstić information content (AvgIpc) is 3.26. The summed E-state index contributed by atoms with van der Waals surface area (Å²) in [7, 11) is -1.57. The molecule has 0 spiro atoms. The Labute approximate surface area is 221 Å². The lowest BCUT2D eigenvalue weighted by Crippen LogP contribution is -2.46. The van der Waals surface area contributed by atoms with Crippen LogP contribution < -0.4 is 10.7 Å². The van der Waals surface area contributed by atoms with E-state index in [1.54, 1.807) is 0 Å².